The summed E-state index contributed by atoms with van der Waals surface area (Å²) < 4.78 is 100. The number of para-hydroxylation sites is 4. The number of benzene rings is 11. The Bertz CT molecular complexity index is 5360. The Labute approximate surface area is 505 Å². The molecule has 0 fully saturated rings. The predicted molar refractivity (Wildman–Crippen MR) is 332 cm³/mol. The van der Waals surface area contributed by atoms with E-state index < -0.39 is 60.4 Å². The smallest absolute Gasteiger partial charge is 0.268 e. The first-order valence-corrected chi connectivity index (χ1v) is 26.9. The molecule has 14 aromatic rings. The van der Waals surface area contributed by atoms with Gasteiger partial charge in [-0.05, 0) is 120 Å². The molecule has 6 nitrogen and oxygen atoms in total. The molecule has 11 aromatic carbocycles. The Balaban J connectivity index is 0.00000702. The van der Waals surface area contributed by atoms with E-state index in [0.717, 1.165) is 50.2 Å². The van der Waals surface area contributed by atoms with Crippen LogP contribution in [0, 0.1) is 18.5 Å². The number of imidazole rings is 1. The predicted octanol–water partition coefficient (Wildman–Crippen LogP) is 15.7. The van der Waals surface area contributed by atoms with Crippen molar-refractivity contribution >= 4 is 83.8 Å². The molecule has 0 saturated heterocycles. The average molecular weight is 1240 g/mol. The van der Waals surface area contributed by atoms with Crippen LogP contribution >= 0.6 is 0 Å². The van der Waals surface area contributed by atoms with Crippen LogP contribution in [-0.2, 0) is 26.5 Å². The van der Waals surface area contributed by atoms with Crippen LogP contribution in [0.2, 0.25) is 0 Å². The molecule has 2 aliphatic heterocycles. The number of fused-ring (bicyclic) bond motifs is 8. The SMILES string of the molecule is [2H]c1c([2H])c([2H])c(-c2cccc(-c3c([2H])c([2H])c([2H])c([2H])c3[2H])c2-[n+]2[c-]n(-c3[c-]c(Oc4[c-]c5c(cc4)c4cc(N6c7ccccc7B7c8c(cccc86)-c6cccc8cccc7c68)ccc4n5-c4cc(C(C)(C)C)ccn4)ccc3)c3ccccc32)c([2H])c1[2H].[Pt]. The van der Waals surface area contributed by atoms with E-state index in [0.29, 0.717) is 28.2 Å². The second-order valence-electron chi connectivity index (χ2n) is 21.6. The van der Waals surface area contributed by atoms with Gasteiger partial charge in [-0.3, -0.25) is 4.57 Å². The Morgan fingerprint density at radius 2 is 1.24 bits per heavy atom. The third-order valence-corrected chi connectivity index (χ3v) is 15.9. The van der Waals surface area contributed by atoms with Crippen molar-refractivity contribution < 1.29 is 44.1 Å². The minimum Gasteiger partial charge on any atom is -0.510 e. The maximum absolute atomic E-state index is 9.12. The topological polar surface area (TPSA) is 39.1 Å². The van der Waals surface area contributed by atoms with Crippen LogP contribution in [0.5, 0.6) is 11.5 Å². The van der Waals surface area contributed by atoms with Gasteiger partial charge in [0.25, 0.3) is 6.33 Å². The molecular formula is C74H50BN5OPt-2. The van der Waals surface area contributed by atoms with Gasteiger partial charge < -0.3 is 18.8 Å². The van der Waals surface area contributed by atoms with Gasteiger partial charge >= 0.3 is 0 Å². The summed E-state index contributed by atoms with van der Waals surface area (Å²) in [6, 6.07) is 63.0. The van der Waals surface area contributed by atoms with Gasteiger partial charge in [0.1, 0.15) is 5.82 Å². The minimum absolute atomic E-state index is 0. The number of ether oxygens (including phenoxy) is 1. The van der Waals surface area contributed by atoms with Crippen molar-refractivity contribution in [1.82, 2.24) is 14.1 Å². The van der Waals surface area contributed by atoms with Crippen molar-refractivity contribution in [2.24, 2.45) is 0 Å². The summed E-state index contributed by atoms with van der Waals surface area (Å²) in [6.07, 6.45) is 5.31. The van der Waals surface area contributed by atoms with Gasteiger partial charge in [-0.15, -0.1) is 29.7 Å². The zero-order chi connectivity index (χ0) is 62.6. The van der Waals surface area contributed by atoms with Gasteiger partial charge in [0, 0.05) is 61.3 Å². The molecule has 16 rings (SSSR count). The molecule has 5 heterocycles. The van der Waals surface area contributed by atoms with E-state index in [4.69, 9.17) is 23.4 Å². The normalized spacial score (nSPS) is 14.1. The van der Waals surface area contributed by atoms with Crippen LogP contribution in [0.3, 0.4) is 0 Å². The van der Waals surface area contributed by atoms with Gasteiger partial charge in [0.15, 0.2) is 0 Å². The number of anilines is 3. The summed E-state index contributed by atoms with van der Waals surface area (Å²) in [5.41, 5.74) is 14.0. The molecule has 0 saturated carbocycles. The Kier molecular flexibility index (Phi) is 9.37. The van der Waals surface area contributed by atoms with Crippen LogP contribution < -0.4 is 30.6 Å². The van der Waals surface area contributed by atoms with Crippen molar-refractivity contribution in [3.8, 4) is 62.1 Å². The molecule has 0 N–H and O–H groups in total. The first-order valence-electron chi connectivity index (χ1n) is 31.9. The summed E-state index contributed by atoms with van der Waals surface area (Å²) in [5, 5.41) is 4.48. The molecule has 392 valence electrons. The number of aromatic nitrogens is 4. The van der Waals surface area contributed by atoms with E-state index in [9.17, 15) is 0 Å². The van der Waals surface area contributed by atoms with E-state index in [1.807, 2.05) is 48.7 Å². The molecule has 82 heavy (non-hydrogen) atoms. The molecule has 3 aromatic heterocycles. The van der Waals surface area contributed by atoms with Gasteiger partial charge in [-0.1, -0.05) is 201 Å². The second-order valence-corrected chi connectivity index (χ2v) is 21.6. The van der Waals surface area contributed by atoms with E-state index in [2.05, 4.69) is 164 Å². The number of nitrogens with zero attached hydrogens (tertiary/aromatic N) is 5. The second kappa shape index (κ2) is 19.3. The quantitative estimate of drug-likeness (QED) is 0.0865. The van der Waals surface area contributed by atoms with E-state index >= 15 is 0 Å². The van der Waals surface area contributed by atoms with Crippen LogP contribution in [0.15, 0.2) is 249 Å². The monoisotopic (exact) mass is 1240 g/mol. The van der Waals surface area contributed by atoms with Crippen molar-refractivity contribution in [2.45, 2.75) is 26.2 Å². The van der Waals surface area contributed by atoms with E-state index in [1.54, 1.807) is 33.4 Å². The molecule has 8 heteroatoms. The first-order chi connectivity index (χ1) is 44.0. The molecule has 0 atom stereocenters. The Hall–Kier alpha value is -9.55. The van der Waals surface area contributed by atoms with Gasteiger partial charge in [0.2, 0.25) is 6.71 Å². The third kappa shape index (κ3) is 7.82. The number of rotatable bonds is 8. The fourth-order valence-corrected chi connectivity index (χ4v) is 12.4. The standard InChI is InChI=1S/C74H50BN5O.Pt/c1-74(2,3)51-41-42-76-70(43-51)80-64-40-37-53(79-65-33-11-10-31-62(65)75-63-32-15-24-50-23-14-29-59(71(50)63)60-30-18-36-68(79)72(60)75)45-61(64)58-39-38-55(46-69(58)80)81-54-26-16-25-52(44-54)77-47-78(67-35-13-12-34-66(67)77)73-56(48-19-6-4-7-20-48)27-17-28-57(73)49-21-8-5-9-22-49;/h4-43,45H,1-3H3;/q-2;/i4D,5D,6D,7D,8D,9D,19D,20D,21D,22D;. The summed E-state index contributed by atoms with van der Waals surface area (Å²) in [7, 11) is 0. The van der Waals surface area contributed by atoms with Crippen molar-refractivity contribution in [2.75, 3.05) is 4.90 Å². The average Bonchev–Trinajstić information content (AvgIpc) is 0.809. The van der Waals surface area contributed by atoms with E-state index in [-0.39, 0.29) is 61.1 Å². The van der Waals surface area contributed by atoms with Gasteiger partial charge in [-0.25, -0.2) is 4.98 Å². The molecule has 0 unspecified atom stereocenters. The molecule has 0 amide bonds. The number of hydrogen-bond donors (Lipinski definition) is 0. The van der Waals surface area contributed by atoms with Crippen molar-refractivity contribution in [3.63, 3.8) is 0 Å². The molecular weight excluding hydrogens is 1180 g/mol. The fraction of sp³-hybridized carbons (Fsp3) is 0.0541. The summed E-state index contributed by atoms with van der Waals surface area (Å²) in [6.45, 7) is 6.61. The molecule has 0 aliphatic carbocycles. The number of hydrogen-bond acceptors (Lipinski definition) is 3. The zero-order valence-corrected chi connectivity index (χ0v) is 46.7. The van der Waals surface area contributed by atoms with E-state index in [1.165, 1.54) is 38.3 Å². The molecule has 0 spiro atoms. The Morgan fingerprint density at radius 1 is 0.573 bits per heavy atom. The summed E-state index contributed by atoms with van der Waals surface area (Å²) in [4.78, 5) is 7.43. The Morgan fingerprint density at radius 3 is 2.05 bits per heavy atom. The summed E-state index contributed by atoms with van der Waals surface area (Å²) >= 11 is 0. The van der Waals surface area contributed by atoms with Gasteiger partial charge in [-0.2, -0.15) is 18.2 Å². The summed E-state index contributed by atoms with van der Waals surface area (Å²) in [5.74, 6) is 1.48. The van der Waals surface area contributed by atoms with Crippen LogP contribution in [0.4, 0.5) is 17.1 Å². The van der Waals surface area contributed by atoms with Crippen molar-refractivity contribution in [1.29, 1.82) is 0 Å². The maximum atomic E-state index is 9.12. The largest absolute Gasteiger partial charge is 0.510 e. The van der Waals surface area contributed by atoms with Gasteiger partial charge in [0.05, 0.1) is 30.4 Å². The zero-order valence-electron chi connectivity index (χ0n) is 54.4. The first kappa shape index (κ1) is 39.8. The minimum atomic E-state index is -0.577. The maximum Gasteiger partial charge on any atom is 0.268 e. The number of pyridine rings is 1. The molecule has 0 radical (unpaired) electrons. The van der Waals surface area contributed by atoms with Crippen LogP contribution in [0.1, 0.15) is 40.0 Å². The molecule has 0 bridgehead atoms. The third-order valence-electron chi connectivity index (χ3n) is 15.9. The van der Waals surface area contributed by atoms with Crippen LogP contribution in [0.25, 0.3) is 94.2 Å². The van der Waals surface area contributed by atoms with Crippen LogP contribution in [-0.4, -0.2) is 20.8 Å². The fourth-order valence-electron chi connectivity index (χ4n) is 12.4. The molecule has 2 aliphatic rings. The van der Waals surface area contributed by atoms with Crippen molar-refractivity contribution in [3.05, 3.63) is 273 Å².